The molecule has 1 amide bonds. The average molecular weight is 389 g/mol. The molecule has 0 aliphatic carbocycles. The number of hydrogen-bond acceptors (Lipinski definition) is 4. The first-order valence-corrected chi connectivity index (χ1v) is 8.74. The van der Waals surface area contributed by atoms with E-state index in [1.54, 1.807) is 25.1 Å². The van der Waals surface area contributed by atoms with Gasteiger partial charge >= 0.3 is 5.69 Å². The number of rotatable bonds is 5. The van der Waals surface area contributed by atoms with Gasteiger partial charge in [-0.1, -0.05) is 23.7 Å². The zero-order valence-electron chi connectivity index (χ0n) is 14.7. The number of benzene rings is 2. The number of amides is 1. The predicted molar refractivity (Wildman–Crippen MR) is 104 cm³/mol. The molecule has 0 atom stereocenters. The first kappa shape index (κ1) is 18.7. The molecule has 0 aliphatic heterocycles. The van der Waals surface area contributed by atoms with Crippen molar-refractivity contribution in [3.05, 3.63) is 67.6 Å². The van der Waals surface area contributed by atoms with E-state index in [0.717, 1.165) is 0 Å². The lowest BCUT2D eigenvalue weighted by atomic mass is 10.2. The molecule has 1 aromatic heterocycles. The second-order valence-corrected chi connectivity index (χ2v) is 6.23. The number of nitrogens with one attached hydrogen (secondary N) is 1. The molecule has 0 radical (unpaired) electrons. The Balaban J connectivity index is 2.18. The first-order valence-electron chi connectivity index (χ1n) is 8.36. The maximum Gasteiger partial charge on any atom is 0.329 e. The highest BCUT2D eigenvalue weighted by Gasteiger charge is 2.23. The number of nitrogens with zero attached hydrogens (tertiary/aromatic N) is 3. The van der Waals surface area contributed by atoms with Crippen molar-refractivity contribution in [3.63, 3.8) is 0 Å². The summed E-state index contributed by atoms with van der Waals surface area (Å²) in [6.07, 6.45) is 0. The summed E-state index contributed by atoms with van der Waals surface area (Å²) in [6, 6.07) is 9.19. The van der Waals surface area contributed by atoms with Crippen LogP contribution in [0.4, 0.5) is 11.4 Å². The monoisotopic (exact) mass is 388 g/mol. The van der Waals surface area contributed by atoms with Crippen LogP contribution in [0.2, 0.25) is 5.02 Å². The number of carbonyl (C=O) groups excluding carboxylic acids is 1. The fourth-order valence-corrected chi connectivity index (χ4v) is 3.27. The van der Waals surface area contributed by atoms with Gasteiger partial charge in [0.05, 0.1) is 26.5 Å². The van der Waals surface area contributed by atoms with Crippen molar-refractivity contribution >= 4 is 39.9 Å². The molecule has 0 fully saturated rings. The number of halogens is 1. The van der Waals surface area contributed by atoms with Gasteiger partial charge in [-0.3, -0.25) is 24.0 Å². The van der Waals surface area contributed by atoms with Gasteiger partial charge in [-0.2, -0.15) is 0 Å². The molecule has 27 heavy (non-hydrogen) atoms. The summed E-state index contributed by atoms with van der Waals surface area (Å²) in [5.41, 5.74) is 0.633. The Morgan fingerprint density at radius 2 is 1.74 bits per heavy atom. The molecule has 9 heteroatoms. The lowest BCUT2D eigenvalue weighted by Crippen LogP contribution is -2.23. The maximum atomic E-state index is 12.5. The number of carbonyl (C=O) groups is 1. The van der Waals surface area contributed by atoms with Crippen molar-refractivity contribution < 1.29 is 9.72 Å². The summed E-state index contributed by atoms with van der Waals surface area (Å²) in [5, 5.41) is 14.3. The Morgan fingerprint density at radius 3 is 2.30 bits per heavy atom. The molecular formula is C18H17ClN4O4. The van der Waals surface area contributed by atoms with E-state index in [2.05, 4.69) is 5.32 Å². The third-order valence-electron chi connectivity index (χ3n) is 4.33. The van der Waals surface area contributed by atoms with Crippen LogP contribution in [0, 0.1) is 10.1 Å². The molecule has 140 valence electrons. The molecule has 0 saturated carbocycles. The largest absolute Gasteiger partial charge is 0.329 e. The average Bonchev–Trinajstić information content (AvgIpc) is 2.90. The number of imidazole rings is 1. The Hall–Kier alpha value is -3.13. The van der Waals surface area contributed by atoms with E-state index < -0.39 is 10.8 Å². The molecule has 8 nitrogen and oxygen atoms in total. The van der Waals surface area contributed by atoms with Crippen LogP contribution >= 0.6 is 11.6 Å². The standard InChI is InChI=1S/C18H17ClN4O4/c1-3-21-15-9-13(20-17(24)11-7-5-6-8-12(11)19)14(23(26)27)10-16(15)22(4-2)18(21)25/h5-10H,3-4H2,1-2H3,(H,20,24). The number of aromatic nitrogens is 2. The minimum Gasteiger partial charge on any atom is -0.316 e. The van der Waals surface area contributed by atoms with Crippen LogP contribution in [0.25, 0.3) is 11.0 Å². The highest BCUT2D eigenvalue weighted by Crippen LogP contribution is 2.31. The highest BCUT2D eigenvalue weighted by molar-refractivity contribution is 6.34. The molecule has 0 saturated heterocycles. The molecule has 2 aromatic carbocycles. The fourth-order valence-electron chi connectivity index (χ4n) is 3.05. The van der Waals surface area contributed by atoms with Gasteiger partial charge in [0, 0.05) is 19.2 Å². The quantitative estimate of drug-likeness (QED) is 0.532. The van der Waals surface area contributed by atoms with E-state index in [-0.39, 0.29) is 27.7 Å². The van der Waals surface area contributed by atoms with E-state index in [4.69, 9.17) is 11.6 Å². The van der Waals surface area contributed by atoms with Crippen LogP contribution in [-0.4, -0.2) is 20.0 Å². The van der Waals surface area contributed by atoms with E-state index in [0.29, 0.717) is 24.1 Å². The molecular weight excluding hydrogens is 372 g/mol. The summed E-state index contributed by atoms with van der Waals surface area (Å²) < 4.78 is 2.97. The van der Waals surface area contributed by atoms with Gasteiger partial charge in [0.15, 0.2) is 0 Å². The van der Waals surface area contributed by atoms with E-state index in [1.165, 1.54) is 27.3 Å². The smallest absolute Gasteiger partial charge is 0.316 e. The van der Waals surface area contributed by atoms with Gasteiger partial charge in [-0.05, 0) is 32.0 Å². The zero-order chi connectivity index (χ0) is 19.7. The molecule has 0 unspecified atom stereocenters. The minimum absolute atomic E-state index is 0.00729. The van der Waals surface area contributed by atoms with Crippen molar-refractivity contribution in [3.8, 4) is 0 Å². The van der Waals surface area contributed by atoms with Crippen LogP contribution < -0.4 is 11.0 Å². The Bertz CT molecular complexity index is 1120. The number of fused-ring (bicyclic) bond motifs is 1. The molecule has 0 spiro atoms. The van der Waals surface area contributed by atoms with Gasteiger partial charge < -0.3 is 5.32 Å². The molecule has 1 heterocycles. The van der Waals surface area contributed by atoms with Gasteiger partial charge in [0.2, 0.25) is 0 Å². The number of nitro benzene ring substituents is 1. The Kier molecular flexibility index (Phi) is 5.00. The molecule has 0 bridgehead atoms. The summed E-state index contributed by atoms with van der Waals surface area (Å²) >= 11 is 6.03. The fraction of sp³-hybridized carbons (Fsp3) is 0.222. The second kappa shape index (κ2) is 7.24. The predicted octanol–water partition coefficient (Wildman–Crippen LogP) is 3.66. The van der Waals surface area contributed by atoms with E-state index in [1.807, 2.05) is 6.92 Å². The number of nitro groups is 1. The van der Waals surface area contributed by atoms with Gasteiger partial charge in [0.25, 0.3) is 11.6 Å². The molecule has 3 aromatic rings. The van der Waals surface area contributed by atoms with Crippen molar-refractivity contribution in [1.82, 2.24) is 9.13 Å². The summed E-state index contributed by atoms with van der Waals surface area (Å²) in [5.74, 6) is -0.566. The summed E-state index contributed by atoms with van der Waals surface area (Å²) in [7, 11) is 0. The first-order chi connectivity index (χ1) is 12.9. The third-order valence-corrected chi connectivity index (χ3v) is 4.66. The molecule has 1 N–H and O–H groups in total. The summed E-state index contributed by atoms with van der Waals surface area (Å²) in [6.45, 7) is 4.38. The van der Waals surface area contributed by atoms with Crippen molar-refractivity contribution in [2.75, 3.05) is 5.32 Å². The number of aryl methyl sites for hydroxylation is 2. The van der Waals surface area contributed by atoms with Gasteiger partial charge in [0.1, 0.15) is 5.69 Å². The van der Waals surface area contributed by atoms with Gasteiger partial charge in [-0.15, -0.1) is 0 Å². The minimum atomic E-state index is -0.588. The lowest BCUT2D eigenvalue weighted by molar-refractivity contribution is -0.383. The molecule has 0 aliphatic rings. The van der Waals surface area contributed by atoms with Crippen molar-refractivity contribution in [1.29, 1.82) is 0 Å². The topological polar surface area (TPSA) is 99.2 Å². The lowest BCUT2D eigenvalue weighted by Gasteiger charge is -2.09. The maximum absolute atomic E-state index is 12.5. The van der Waals surface area contributed by atoms with E-state index >= 15 is 0 Å². The van der Waals surface area contributed by atoms with Crippen LogP contribution in [0.1, 0.15) is 24.2 Å². The van der Waals surface area contributed by atoms with Crippen LogP contribution in [0.3, 0.4) is 0 Å². The van der Waals surface area contributed by atoms with E-state index in [9.17, 15) is 19.7 Å². The van der Waals surface area contributed by atoms with Crippen LogP contribution in [0.5, 0.6) is 0 Å². The normalized spacial score (nSPS) is 10.9. The highest BCUT2D eigenvalue weighted by atomic mass is 35.5. The summed E-state index contributed by atoms with van der Waals surface area (Å²) in [4.78, 5) is 36.0. The van der Waals surface area contributed by atoms with Crippen molar-refractivity contribution in [2.45, 2.75) is 26.9 Å². The van der Waals surface area contributed by atoms with Crippen LogP contribution in [-0.2, 0) is 13.1 Å². The number of anilines is 1. The third kappa shape index (κ3) is 3.19. The Morgan fingerprint density at radius 1 is 1.15 bits per heavy atom. The Labute approximate surface area is 159 Å². The van der Waals surface area contributed by atoms with Crippen LogP contribution in [0.15, 0.2) is 41.2 Å². The number of hydrogen-bond donors (Lipinski definition) is 1. The van der Waals surface area contributed by atoms with Crippen molar-refractivity contribution in [2.24, 2.45) is 0 Å². The zero-order valence-corrected chi connectivity index (χ0v) is 15.5. The second-order valence-electron chi connectivity index (χ2n) is 5.82. The molecule has 3 rings (SSSR count). The van der Waals surface area contributed by atoms with Gasteiger partial charge in [-0.25, -0.2) is 4.79 Å². The SMILES string of the molecule is CCn1c(=O)n(CC)c2cc([N+](=O)[O-])c(NC(=O)c3ccccc3Cl)cc21.